The van der Waals surface area contributed by atoms with Crippen molar-refractivity contribution < 1.29 is 14.3 Å². The molecule has 3 aromatic carbocycles. The molecule has 0 saturated heterocycles. The van der Waals surface area contributed by atoms with E-state index in [4.69, 9.17) is 4.74 Å². The standard InChI is InChI=1S/C22H15NO3S/c1-26-16-10-8-15(9-11-16)23-19(24)12-13-27-22(23)18-7-3-5-14-4-2-6-17(20(14)18)21(22)25/h2-13H,1H3. The van der Waals surface area contributed by atoms with Gasteiger partial charge in [0.05, 0.1) is 7.11 Å². The summed E-state index contributed by atoms with van der Waals surface area (Å²) in [7, 11) is 1.60. The zero-order valence-electron chi connectivity index (χ0n) is 14.5. The number of amides is 1. The molecular weight excluding hydrogens is 358 g/mol. The van der Waals surface area contributed by atoms with Crippen LogP contribution in [0, 0.1) is 0 Å². The number of ether oxygens (including phenoxy) is 1. The van der Waals surface area contributed by atoms with E-state index in [2.05, 4.69) is 0 Å². The molecule has 0 N–H and O–H groups in total. The molecule has 4 nitrogen and oxygen atoms in total. The third kappa shape index (κ3) is 2.06. The Bertz CT molecular complexity index is 1130. The summed E-state index contributed by atoms with van der Waals surface area (Å²) in [5.74, 6) is 0.425. The Balaban J connectivity index is 1.79. The molecule has 5 rings (SSSR count). The number of fused-ring (bicyclic) bond motifs is 1. The SMILES string of the molecule is COc1ccc(N2C(=O)C=CSC23C(=O)c2cccc4cccc3c24)cc1. The molecule has 0 radical (unpaired) electrons. The number of anilines is 1. The quantitative estimate of drug-likeness (QED) is 0.664. The predicted octanol–water partition coefficient (Wildman–Crippen LogP) is 4.49. The molecule has 1 amide bonds. The summed E-state index contributed by atoms with van der Waals surface area (Å²) >= 11 is 1.37. The maximum absolute atomic E-state index is 13.6. The van der Waals surface area contributed by atoms with E-state index in [1.54, 1.807) is 29.6 Å². The van der Waals surface area contributed by atoms with Gasteiger partial charge in [-0.3, -0.25) is 14.5 Å². The minimum absolute atomic E-state index is 0.0622. The van der Waals surface area contributed by atoms with Crippen LogP contribution in [0.15, 0.2) is 72.1 Å². The van der Waals surface area contributed by atoms with Gasteiger partial charge in [0.25, 0.3) is 5.91 Å². The van der Waals surface area contributed by atoms with Crippen molar-refractivity contribution in [3.63, 3.8) is 0 Å². The first-order valence-corrected chi connectivity index (χ1v) is 9.44. The van der Waals surface area contributed by atoms with Crippen LogP contribution >= 0.6 is 11.8 Å². The minimum Gasteiger partial charge on any atom is -0.497 e. The van der Waals surface area contributed by atoms with Crippen LogP contribution in [0.3, 0.4) is 0 Å². The Labute approximate surface area is 160 Å². The normalized spacial score (nSPS) is 20.7. The average Bonchev–Trinajstić information content (AvgIpc) is 2.94. The molecule has 0 fully saturated rings. The van der Waals surface area contributed by atoms with Gasteiger partial charge in [-0.15, -0.1) is 0 Å². The number of thioether (sulfide) groups is 1. The molecule has 3 aromatic rings. The molecular formula is C22H15NO3S. The first kappa shape index (κ1) is 16.1. The van der Waals surface area contributed by atoms with Crippen LogP contribution in [0.1, 0.15) is 15.9 Å². The topological polar surface area (TPSA) is 46.6 Å². The third-order valence-electron chi connectivity index (χ3n) is 5.14. The smallest absolute Gasteiger partial charge is 0.253 e. The van der Waals surface area contributed by atoms with Gasteiger partial charge < -0.3 is 4.74 Å². The maximum Gasteiger partial charge on any atom is 0.253 e. The molecule has 1 unspecified atom stereocenters. The largest absolute Gasteiger partial charge is 0.497 e. The summed E-state index contributed by atoms with van der Waals surface area (Å²) in [6.07, 6.45) is 1.51. The average molecular weight is 373 g/mol. The lowest BCUT2D eigenvalue weighted by molar-refractivity contribution is -0.114. The first-order chi connectivity index (χ1) is 13.2. The number of carbonyl (C=O) groups is 2. The molecule has 132 valence electrons. The summed E-state index contributed by atoms with van der Waals surface area (Å²) in [4.78, 5) is 27.1. The fourth-order valence-electron chi connectivity index (χ4n) is 3.97. The van der Waals surface area contributed by atoms with Gasteiger partial charge in [0.2, 0.25) is 5.78 Å². The number of hydrogen-bond acceptors (Lipinski definition) is 4. The van der Waals surface area contributed by atoms with Crippen molar-refractivity contribution in [2.75, 3.05) is 12.0 Å². The fraction of sp³-hybridized carbons (Fsp3) is 0.0909. The zero-order valence-corrected chi connectivity index (χ0v) is 15.3. The second-order valence-electron chi connectivity index (χ2n) is 6.47. The van der Waals surface area contributed by atoms with Crippen molar-refractivity contribution in [2.45, 2.75) is 4.87 Å². The lowest BCUT2D eigenvalue weighted by Crippen LogP contribution is -2.51. The lowest BCUT2D eigenvalue weighted by atomic mass is 10.0. The number of ketones is 1. The summed E-state index contributed by atoms with van der Waals surface area (Å²) in [5, 5.41) is 3.66. The number of benzene rings is 3. The molecule has 0 saturated carbocycles. The molecule has 1 aliphatic carbocycles. The van der Waals surface area contributed by atoms with Crippen LogP contribution in [0.4, 0.5) is 5.69 Å². The number of Topliss-reactive ketones (excluding diaryl/α,β-unsaturated/α-hetero) is 1. The third-order valence-corrected chi connectivity index (χ3v) is 6.34. The fourth-order valence-corrected chi connectivity index (χ4v) is 5.17. The Morgan fingerprint density at radius 3 is 2.44 bits per heavy atom. The number of carbonyl (C=O) groups excluding carboxylic acids is 2. The van der Waals surface area contributed by atoms with Crippen LogP contribution in [0.2, 0.25) is 0 Å². The predicted molar refractivity (Wildman–Crippen MR) is 107 cm³/mol. The minimum atomic E-state index is -1.12. The van der Waals surface area contributed by atoms with Gasteiger partial charge in [-0.25, -0.2) is 0 Å². The van der Waals surface area contributed by atoms with Crippen LogP contribution in [0.5, 0.6) is 5.75 Å². The van der Waals surface area contributed by atoms with Crippen molar-refractivity contribution in [1.29, 1.82) is 0 Å². The summed E-state index contributed by atoms with van der Waals surface area (Å²) in [5.41, 5.74) is 2.19. The van der Waals surface area contributed by atoms with Gasteiger partial charge in [0.15, 0.2) is 4.87 Å². The number of nitrogens with zero attached hydrogens (tertiary/aromatic N) is 1. The Kier molecular flexibility index (Phi) is 3.42. The van der Waals surface area contributed by atoms with Crippen LogP contribution in [-0.4, -0.2) is 18.8 Å². The number of rotatable bonds is 2. The Morgan fingerprint density at radius 2 is 1.70 bits per heavy atom. The van der Waals surface area contributed by atoms with Gasteiger partial charge in [-0.2, -0.15) is 0 Å². The highest BCUT2D eigenvalue weighted by Crippen LogP contribution is 2.54. The van der Waals surface area contributed by atoms with Crippen molar-refractivity contribution >= 4 is 39.9 Å². The van der Waals surface area contributed by atoms with Crippen molar-refractivity contribution in [1.82, 2.24) is 0 Å². The maximum atomic E-state index is 13.6. The van der Waals surface area contributed by atoms with E-state index >= 15 is 0 Å². The van der Waals surface area contributed by atoms with E-state index in [-0.39, 0.29) is 11.7 Å². The molecule has 2 aliphatic rings. The molecule has 0 aromatic heterocycles. The van der Waals surface area contributed by atoms with Gasteiger partial charge in [0, 0.05) is 22.9 Å². The molecule has 1 aliphatic heterocycles. The van der Waals surface area contributed by atoms with E-state index in [1.165, 1.54) is 17.8 Å². The second kappa shape index (κ2) is 5.72. The first-order valence-electron chi connectivity index (χ1n) is 8.56. The van der Waals surface area contributed by atoms with Crippen molar-refractivity contribution in [3.05, 3.63) is 83.3 Å². The van der Waals surface area contributed by atoms with Gasteiger partial charge in [-0.05, 0) is 40.4 Å². The summed E-state index contributed by atoms with van der Waals surface area (Å²) < 4.78 is 5.23. The molecule has 27 heavy (non-hydrogen) atoms. The number of methoxy groups -OCH3 is 1. The molecule has 1 spiro atoms. The highest BCUT2D eigenvalue weighted by molar-refractivity contribution is 8.04. The molecule has 0 bridgehead atoms. The van der Waals surface area contributed by atoms with Gasteiger partial charge >= 0.3 is 0 Å². The monoisotopic (exact) mass is 373 g/mol. The van der Waals surface area contributed by atoms with Crippen molar-refractivity contribution in [2.24, 2.45) is 0 Å². The lowest BCUT2D eigenvalue weighted by Gasteiger charge is -2.41. The van der Waals surface area contributed by atoms with Gasteiger partial charge in [-0.1, -0.05) is 48.2 Å². The van der Waals surface area contributed by atoms with Crippen LogP contribution < -0.4 is 9.64 Å². The Morgan fingerprint density at radius 1 is 0.963 bits per heavy atom. The van der Waals surface area contributed by atoms with E-state index in [9.17, 15) is 9.59 Å². The van der Waals surface area contributed by atoms with E-state index in [1.807, 2.05) is 48.5 Å². The van der Waals surface area contributed by atoms with Crippen LogP contribution in [-0.2, 0) is 9.67 Å². The number of hydrogen-bond donors (Lipinski definition) is 0. The zero-order chi connectivity index (χ0) is 18.6. The molecule has 1 atom stereocenters. The Hall–Kier alpha value is -3.05. The summed E-state index contributed by atoms with van der Waals surface area (Å²) in [6.45, 7) is 0. The van der Waals surface area contributed by atoms with E-state index in [0.717, 1.165) is 16.3 Å². The highest BCUT2D eigenvalue weighted by atomic mass is 32.2. The van der Waals surface area contributed by atoms with E-state index < -0.39 is 4.87 Å². The summed E-state index contributed by atoms with van der Waals surface area (Å²) in [6, 6.07) is 18.8. The second-order valence-corrected chi connectivity index (χ2v) is 7.57. The van der Waals surface area contributed by atoms with Crippen LogP contribution in [0.25, 0.3) is 10.8 Å². The van der Waals surface area contributed by atoms with Crippen molar-refractivity contribution in [3.8, 4) is 5.75 Å². The molecule has 1 heterocycles. The highest BCUT2D eigenvalue weighted by Gasteiger charge is 2.55. The van der Waals surface area contributed by atoms with E-state index in [0.29, 0.717) is 17.0 Å². The van der Waals surface area contributed by atoms with Gasteiger partial charge in [0.1, 0.15) is 5.75 Å². The molecule has 5 heteroatoms.